The Hall–Kier alpha value is -3.23. The van der Waals surface area contributed by atoms with Crippen LogP contribution in [0.15, 0.2) is 63.9 Å². The van der Waals surface area contributed by atoms with Crippen LogP contribution in [0.5, 0.6) is 0 Å². The number of halogens is 1. The lowest BCUT2D eigenvalue weighted by atomic mass is 10.0. The lowest BCUT2D eigenvalue weighted by Gasteiger charge is -2.14. The first kappa shape index (κ1) is 20.1. The van der Waals surface area contributed by atoms with Crippen molar-refractivity contribution < 1.29 is 23.5 Å². The van der Waals surface area contributed by atoms with Crippen molar-refractivity contribution in [2.24, 2.45) is 0 Å². The minimum atomic E-state index is -0.998. The number of furan rings is 1. The van der Waals surface area contributed by atoms with Gasteiger partial charge in [-0.3, -0.25) is 9.69 Å². The Morgan fingerprint density at radius 3 is 2.67 bits per heavy atom. The SMILES string of the molecule is Cc1cc(C(=O)O)ccc1-c1ccc(/C=C2/SC(=S)N(c3ccccc3F)C2=O)o1. The number of rotatable bonds is 4. The number of amides is 1. The molecule has 30 heavy (non-hydrogen) atoms. The first-order chi connectivity index (χ1) is 14.3. The van der Waals surface area contributed by atoms with Crippen molar-refractivity contribution in [1.29, 1.82) is 0 Å². The smallest absolute Gasteiger partial charge is 0.335 e. The van der Waals surface area contributed by atoms with E-state index in [0.29, 0.717) is 16.4 Å². The minimum absolute atomic E-state index is 0.109. The Bertz CT molecular complexity index is 1230. The third-order valence-corrected chi connectivity index (χ3v) is 5.83. The summed E-state index contributed by atoms with van der Waals surface area (Å²) in [6.07, 6.45) is 1.56. The lowest BCUT2D eigenvalue weighted by molar-refractivity contribution is -0.113. The number of thiocarbonyl (C=S) groups is 1. The molecule has 1 saturated heterocycles. The third-order valence-electron chi connectivity index (χ3n) is 4.53. The van der Waals surface area contributed by atoms with Crippen molar-refractivity contribution in [3.8, 4) is 11.3 Å². The van der Waals surface area contributed by atoms with Crippen LogP contribution in [0.1, 0.15) is 21.7 Å². The van der Waals surface area contributed by atoms with Gasteiger partial charge in [0.1, 0.15) is 17.3 Å². The molecule has 1 aliphatic heterocycles. The number of hydrogen-bond acceptors (Lipinski definition) is 5. The zero-order valence-electron chi connectivity index (χ0n) is 15.6. The summed E-state index contributed by atoms with van der Waals surface area (Å²) in [5.74, 6) is -0.978. The first-order valence-electron chi connectivity index (χ1n) is 8.82. The number of anilines is 1. The van der Waals surface area contributed by atoms with Gasteiger partial charge in [-0.15, -0.1) is 0 Å². The van der Waals surface area contributed by atoms with Gasteiger partial charge in [-0.25, -0.2) is 9.18 Å². The minimum Gasteiger partial charge on any atom is -0.478 e. The zero-order valence-corrected chi connectivity index (χ0v) is 17.2. The van der Waals surface area contributed by atoms with Crippen LogP contribution in [-0.4, -0.2) is 21.3 Å². The molecule has 0 unspecified atom stereocenters. The number of thioether (sulfide) groups is 1. The summed E-state index contributed by atoms with van der Waals surface area (Å²) in [7, 11) is 0. The van der Waals surface area contributed by atoms with Gasteiger partial charge in [0.25, 0.3) is 5.91 Å². The van der Waals surface area contributed by atoms with E-state index < -0.39 is 17.7 Å². The van der Waals surface area contributed by atoms with Gasteiger partial charge in [-0.2, -0.15) is 0 Å². The third kappa shape index (κ3) is 3.67. The Balaban J connectivity index is 1.62. The van der Waals surface area contributed by atoms with E-state index in [1.165, 1.54) is 23.1 Å². The van der Waals surface area contributed by atoms with Crippen LogP contribution in [-0.2, 0) is 4.79 Å². The molecule has 0 aliphatic carbocycles. The van der Waals surface area contributed by atoms with Gasteiger partial charge in [0.05, 0.1) is 16.2 Å². The molecule has 2 heterocycles. The van der Waals surface area contributed by atoms with Gasteiger partial charge in [-0.1, -0.05) is 42.2 Å². The largest absolute Gasteiger partial charge is 0.478 e. The second-order valence-corrected chi connectivity index (χ2v) is 8.18. The molecule has 0 atom stereocenters. The summed E-state index contributed by atoms with van der Waals surface area (Å²) < 4.78 is 20.2. The molecule has 4 rings (SSSR count). The van der Waals surface area contributed by atoms with Crippen molar-refractivity contribution in [3.05, 3.63) is 82.2 Å². The van der Waals surface area contributed by atoms with Crippen LogP contribution < -0.4 is 4.90 Å². The summed E-state index contributed by atoms with van der Waals surface area (Å²) in [6, 6.07) is 14.2. The number of carboxylic acids is 1. The second-order valence-electron chi connectivity index (χ2n) is 6.51. The van der Waals surface area contributed by atoms with Crippen LogP contribution in [0.2, 0.25) is 0 Å². The Morgan fingerprint density at radius 1 is 1.20 bits per heavy atom. The zero-order chi connectivity index (χ0) is 21.4. The van der Waals surface area contributed by atoms with Crippen molar-refractivity contribution >= 4 is 51.9 Å². The van der Waals surface area contributed by atoms with Gasteiger partial charge in [0.15, 0.2) is 4.32 Å². The standard InChI is InChI=1S/C22H14FNO4S2/c1-12-10-13(21(26)27)6-8-15(12)18-9-7-14(28-18)11-19-20(25)24(22(29)30-19)17-5-3-2-4-16(17)23/h2-11H,1H3,(H,26,27)/b19-11+. The van der Waals surface area contributed by atoms with Crippen molar-refractivity contribution in [1.82, 2.24) is 0 Å². The molecule has 1 N–H and O–H groups in total. The second kappa shape index (κ2) is 7.89. The Morgan fingerprint density at radius 2 is 1.97 bits per heavy atom. The Kier molecular flexibility index (Phi) is 5.27. The number of nitrogens with zero attached hydrogens (tertiary/aromatic N) is 1. The summed E-state index contributed by atoms with van der Waals surface area (Å²) in [5.41, 5.74) is 1.80. The molecule has 1 aromatic heterocycles. The fourth-order valence-corrected chi connectivity index (χ4v) is 4.35. The molecule has 5 nitrogen and oxygen atoms in total. The fraction of sp³-hybridized carbons (Fsp3) is 0.0455. The number of carbonyl (C=O) groups excluding carboxylic acids is 1. The molecule has 1 fully saturated rings. The summed E-state index contributed by atoms with van der Waals surface area (Å²) in [5, 5.41) is 9.10. The maximum Gasteiger partial charge on any atom is 0.335 e. The van der Waals surface area contributed by atoms with Crippen LogP contribution in [0.4, 0.5) is 10.1 Å². The molecule has 3 aromatic rings. The normalized spacial score (nSPS) is 15.3. The van der Waals surface area contributed by atoms with E-state index in [1.807, 2.05) is 0 Å². The summed E-state index contributed by atoms with van der Waals surface area (Å²) >= 11 is 6.34. The molecule has 0 saturated carbocycles. The molecule has 150 valence electrons. The number of benzene rings is 2. The summed E-state index contributed by atoms with van der Waals surface area (Å²) in [4.78, 5) is 25.4. The van der Waals surface area contributed by atoms with Crippen molar-refractivity contribution in [2.75, 3.05) is 4.90 Å². The van der Waals surface area contributed by atoms with Crippen molar-refractivity contribution in [2.45, 2.75) is 6.92 Å². The van der Waals surface area contributed by atoms with Gasteiger partial charge >= 0.3 is 5.97 Å². The number of hydrogen-bond donors (Lipinski definition) is 1. The predicted molar refractivity (Wildman–Crippen MR) is 118 cm³/mol. The predicted octanol–water partition coefficient (Wildman–Crippen LogP) is 5.50. The van der Waals surface area contributed by atoms with E-state index in [1.54, 1.807) is 49.4 Å². The average molecular weight is 439 g/mol. The molecule has 1 aliphatic rings. The van der Waals surface area contributed by atoms with Gasteiger partial charge in [0.2, 0.25) is 0 Å². The molecule has 1 amide bonds. The van der Waals surface area contributed by atoms with Crippen LogP contribution >= 0.6 is 24.0 Å². The molecule has 0 bridgehead atoms. The van der Waals surface area contributed by atoms with E-state index in [0.717, 1.165) is 22.9 Å². The lowest BCUT2D eigenvalue weighted by Crippen LogP contribution is -2.28. The van der Waals surface area contributed by atoms with Crippen molar-refractivity contribution in [3.63, 3.8) is 0 Å². The molecule has 8 heteroatoms. The average Bonchev–Trinajstić information content (AvgIpc) is 3.27. The quantitative estimate of drug-likeness (QED) is 0.428. The van der Waals surface area contributed by atoms with Crippen LogP contribution in [0, 0.1) is 12.7 Å². The highest BCUT2D eigenvalue weighted by molar-refractivity contribution is 8.27. The van der Waals surface area contributed by atoms with Gasteiger partial charge in [-0.05, 0) is 48.9 Å². The molecule has 0 radical (unpaired) electrons. The first-order valence-corrected chi connectivity index (χ1v) is 10.0. The van der Waals surface area contributed by atoms with E-state index in [2.05, 4.69) is 0 Å². The number of carboxylic acid groups (broad SMARTS) is 1. The van der Waals surface area contributed by atoms with E-state index in [-0.39, 0.29) is 15.6 Å². The molecular formula is C22H14FNO4S2. The fourth-order valence-electron chi connectivity index (χ4n) is 3.09. The highest BCUT2D eigenvalue weighted by Crippen LogP contribution is 2.37. The monoisotopic (exact) mass is 439 g/mol. The highest BCUT2D eigenvalue weighted by atomic mass is 32.2. The van der Waals surface area contributed by atoms with E-state index >= 15 is 0 Å². The van der Waals surface area contributed by atoms with E-state index in [4.69, 9.17) is 21.7 Å². The molecule has 0 spiro atoms. The summed E-state index contributed by atoms with van der Waals surface area (Å²) in [6.45, 7) is 1.80. The molecular weight excluding hydrogens is 425 g/mol. The van der Waals surface area contributed by atoms with Gasteiger partial charge < -0.3 is 9.52 Å². The number of para-hydroxylation sites is 1. The number of aromatic carboxylic acids is 1. The number of aryl methyl sites for hydroxylation is 1. The van der Waals surface area contributed by atoms with E-state index in [9.17, 15) is 14.0 Å². The van der Waals surface area contributed by atoms with Crippen LogP contribution in [0.25, 0.3) is 17.4 Å². The maximum absolute atomic E-state index is 14.1. The molecule has 2 aromatic carbocycles. The number of carbonyl (C=O) groups is 2. The Labute approximate surface area is 180 Å². The highest BCUT2D eigenvalue weighted by Gasteiger charge is 2.35. The van der Waals surface area contributed by atoms with Gasteiger partial charge in [0, 0.05) is 11.6 Å². The topological polar surface area (TPSA) is 70.8 Å². The van der Waals surface area contributed by atoms with Crippen LogP contribution in [0.3, 0.4) is 0 Å². The maximum atomic E-state index is 14.1.